The third-order valence-electron chi connectivity index (χ3n) is 5.78. The zero-order valence-corrected chi connectivity index (χ0v) is 14.4. The summed E-state index contributed by atoms with van der Waals surface area (Å²) in [6, 6.07) is 0.270. The van der Waals surface area contributed by atoms with Crippen molar-refractivity contribution in [2.75, 3.05) is 26.2 Å². The molecule has 2 aliphatic heterocycles. The lowest BCUT2D eigenvalue weighted by Gasteiger charge is -2.34. The second-order valence-corrected chi connectivity index (χ2v) is 7.73. The summed E-state index contributed by atoms with van der Waals surface area (Å²) in [5.41, 5.74) is 0. The molecule has 1 aliphatic carbocycles. The molecule has 2 amide bonds. The summed E-state index contributed by atoms with van der Waals surface area (Å²) >= 11 is 0. The molecule has 2 saturated heterocycles. The van der Waals surface area contributed by atoms with Crippen LogP contribution in [0.4, 0.5) is 0 Å². The van der Waals surface area contributed by atoms with Gasteiger partial charge in [0.1, 0.15) is 0 Å². The molecule has 2 atom stereocenters. The van der Waals surface area contributed by atoms with Crippen LogP contribution >= 0.6 is 0 Å². The first kappa shape index (κ1) is 16.7. The number of nitrogens with one attached hydrogen (secondary N) is 2. The van der Waals surface area contributed by atoms with Crippen molar-refractivity contribution in [2.45, 2.75) is 57.9 Å². The summed E-state index contributed by atoms with van der Waals surface area (Å²) in [4.78, 5) is 26.3. The van der Waals surface area contributed by atoms with E-state index in [1.807, 2.05) is 4.90 Å². The predicted octanol–water partition coefficient (Wildman–Crippen LogP) is 1.53. The number of carbonyl (C=O) groups is 2. The van der Waals surface area contributed by atoms with Crippen molar-refractivity contribution in [3.8, 4) is 0 Å². The number of piperidine rings is 2. The van der Waals surface area contributed by atoms with Gasteiger partial charge in [-0.2, -0.15) is 0 Å². The maximum atomic E-state index is 12.5. The zero-order chi connectivity index (χ0) is 16.2. The Bertz CT molecular complexity index is 422. The highest BCUT2D eigenvalue weighted by molar-refractivity contribution is 5.81. The fourth-order valence-corrected chi connectivity index (χ4v) is 3.87. The molecule has 0 spiro atoms. The van der Waals surface area contributed by atoms with Crippen LogP contribution in [0.1, 0.15) is 51.9 Å². The molecule has 3 rings (SSSR count). The molecule has 130 valence electrons. The Balaban J connectivity index is 1.38. The first-order valence-electron chi connectivity index (χ1n) is 9.42. The van der Waals surface area contributed by atoms with Gasteiger partial charge in [0.15, 0.2) is 0 Å². The van der Waals surface area contributed by atoms with Gasteiger partial charge in [-0.25, -0.2) is 0 Å². The molecule has 5 nitrogen and oxygen atoms in total. The summed E-state index contributed by atoms with van der Waals surface area (Å²) < 4.78 is 0. The normalized spacial score (nSPS) is 27.5. The molecule has 5 heteroatoms. The molecule has 2 N–H and O–H groups in total. The van der Waals surface area contributed by atoms with Gasteiger partial charge in [0.25, 0.3) is 0 Å². The third-order valence-corrected chi connectivity index (χ3v) is 5.78. The van der Waals surface area contributed by atoms with E-state index >= 15 is 0 Å². The number of rotatable bonds is 5. The van der Waals surface area contributed by atoms with E-state index in [1.54, 1.807) is 0 Å². The third kappa shape index (κ3) is 4.69. The highest BCUT2D eigenvalue weighted by atomic mass is 16.2. The van der Waals surface area contributed by atoms with Crippen LogP contribution in [0.3, 0.4) is 0 Å². The van der Waals surface area contributed by atoms with Gasteiger partial charge in [-0.05, 0) is 63.5 Å². The molecule has 0 aromatic heterocycles. The first-order chi connectivity index (χ1) is 11.1. The first-order valence-corrected chi connectivity index (χ1v) is 9.42. The lowest BCUT2D eigenvalue weighted by molar-refractivity contribution is -0.133. The second-order valence-electron chi connectivity index (χ2n) is 7.73. The van der Waals surface area contributed by atoms with Crippen LogP contribution < -0.4 is 10.6 Å². The lowest BCUT2D eigenvalue weighted by atomic mass is 9.85. The van der Waals surface area contributed by atoms with Gasteiger partial charge < -0.3 is 15.5 Å². The van der Waals surface area contributed by atoms with E-state index in [1.165, 1.54) is 12.8 Å². The second kappa shape index (κ2) is 7.65. The van der Waals surface area contributed by atoms with Crippen molar-refractivity contribution in [1.82, 2.24) is 15.5 Å². The van der Waals surface area contributed by atoms with Crippen molar-refractivity contribution >= 4 is 11.8 Å². The highest BCUT2D eigenvalue weighted by Crippen LogP contribution is 2.29. The van der Waals surface area contributed by atoms with Crippen LogP contribution in [0, 0.1) is 17.8 Å². The predicted molar refractivity (Wildman–Crippen MR) is 89.8 cm³/mol. The Hall–Kier alpha value is -1.10. The Morgan fingerprint density at radius 1 is 1.17 bits per heavy atom. The minimum atomic E-state index is 0.230. The Kier molecular flexibility index (Phi) is 5.57. The number of likely N-dealkylation sites (tertiary alicyclic amines) is 1. The average Bonchev–Trinajstić information content (AvgIpc) is 3.41. The van der Waals surface area contributed by atoms with Gasteiger partial charge in [-0.3, -0.25) is 9.59 Å². The number of hydrogen-bond donors (Lipinski definition) is 2. The van der Waals surface area contributed by atoms with Crippen LogP contribution in [-0.4, -0.2) is 48.9 Å². The summed E-state index contributed by atoms with van der Waals surface area (Å²) in [7, 11) is 0. The van der Waals surface area contributed by atoms with Crippen LogP contribution in [-0.2, 0) is 9.59 Å². The molecule has 3 fully saturated rings. The van der Waals surface area contributed by atoms with Crippen molar-refractivity contribution in [3.05, 3.63) is 0 Å². The van der Waals surface area contributed by atoms with Crippen LogP contribution in [0.15, 0.2) is 0 Å². The molecular weight excluding hydrogens is 290 g/mol. The van der Waals surface area contributed by atoms with Crippen LogP contribution in [0.25, 0.3) is 0 Å². The average molecular weight is 321 g/mol. The lowest BCUT2D eigenvalue weighted by Crippen LogP contribution is -2.47. The van der Waals surface area contributed by atoms with Gasteiger partial charge >= 0.3 is 0 Å². The summed E-state index contributed by atoms with van der Waals surface area (Å²) in [5, 5.41) is 6.59. The van der Waals surface area contributed by atoms with Crippen molar-refractivity contribution in [3.63, 3.8) is 0 Å². The van der Waals surface area contributed by atoms with Crippen molar-refractivity contribution in [1.29, 1.82) is 0 Å². The minimum absolute atomic E-state index is 0.230. The van der Waals surface area contributed by atoms with E-state index in [0.29, 0.717) is 24.2 Å². The molecular formula is C18H31N3O2. The molecule has 0 bridgehead atoms. The maximum Gasteiger partial charge on any atom is 0.223 e. The monoisotopic (exact) mass is 321 g/mol. The zero-order valence-electron chi connectivity index (χ0n) is 14.4. The van der Waals surface area contributed by atoms with Gasteiger partial charge in [0.05, 0.1) is 0 Å². The van der Waals surface area contributed by atoms with Crippen molar-refractivity contribution in [2.24, 2.45) is 17.8 Å². The van der Waals surface area contributed by atoms with E-state index in [0.717, 1.165) is 51.9 Å². The van der Waals surface area contributed by atoms with E-state index in [4.69, 9.17) is 0 Å². The SMILES string of the molecule is CC(CC(=O)N1CCC(NC(=O)C2CC2)CC1)C1CCCNC1. The molecule has 0 aromatic rings. The highest BCUT2D eigenvalue weighted by Gasteiger charge is 2.32. The smallest absolute Gasteiger partial charge is 0.223 e. The molecule has 23 heavy (non-hydrogen) atoms. The van der Waals surface area contributed by atoms with Gasteiger partial charge in [0, 0.05) is 31.5 Å². The van der Waals surface area contributed by atoms with Crippen LogP contribution in [0.2, 0.25) is 0 Å². The van der Waals surface area contributed by atoms with E-state index in [2.05, 4.69) is 17.6 Å². The van der Waals surface area contributed by atoms with Gasteiger partial charge in [-0.15, -0.1) is 0 Å². The maximum absolute atomic E-state index is 12.5. The summed E-state index contributed by atoms with van der Waals surface area (Å²) in [6.07, 6.45) is 7.07. The Labute approximate surface area is 139 Å². The molecule has 1 saturated carbocycles. The number of hydrogen-bond acceptors (Lipinski definition) is 3. The largest absolute Gasteiger partial charge is 0.353 e. The van der Waals surface area contributed by atoms with Gasteiger partial charge in [0.2, 0.25) is 11.8 Å². The topological polar surface area (TPSA) is 61.4 Å². The minimum Gasteiger partial charge on any atom is -0.353 e. The van der Waals surface area contributed by atoms with Gasteiger partial charge in [-0.1, -0.05) is 6.92 Å². The Morgan fingerprint density at radius 2 is 1.91 bits per heavy atom. The molecule has 2 heterocycles. The quantitative estimate of drug-likeness (QED) is 0.807. The molecule has 0 aromatic carbocycles. The standard InChI is InChI=1S/C18H31N3O2/c1-13(15-3-2-8-19-12-15)11-17(22)21-9-6-16(7-10-21)20-18(23)14-4-5-14/h13-16,19H,2-12H2,1H3,(H,20,23). The van der Waals surface area contributed by atoms with Crippen molar-refractivity contribution < 1.29 is 9.59 Å². The Morgan fingerprint density at radius 3 is 2.52 bits per heavy atom. The summed E-state index contributed by atoms with van der Waals surface area (Å²) in [5.74, 6) is 1.91. The number of nitrogens with zero attached hydrogens (tertiary/aromatic N) is 1. The molecule has 3 aliphatic rings. The fourth-order valence-electron chi connectivity index (χ4n) is 3.87. The number of amides is 2. The summed E-state index contributed by atoms with van der Waals surface area (Å²) in [6.45, 7) is 5.99. The fraction of sp³-hybridized carbons (Fsp3) is 0.889. The number of carbonyl (C=O) groups excluding carboxylic acids is 2. The molecule has 0 radical (unpaired) electrons. The van der Waals surface area contributed by atoms with Crippen LogP contribution in [0.5, 0.6) is 0 Å². The van der Waals surface area contributed by atoms with E-state index < -0.39 is 0 Å². The molecule has 2 unspecified atom stereocenters. The van der Waals surface area contributed by atoms with E-state index in [9.17, 15) is 9.59 Å². The van der Waals surface area contributed by atoms with E-state index in [-0.39, 0.29) is 17.9 Å².